The number of nitrogens with zero attached hydrogens (tertiary/aromatic N) is 3. The Morgan fingerprint density at radius 1 is 1.64 bits per heavy atom. The van der Waals surface area contributed by atoms with Crippen LogP contribution in [-0.4, -0.2) is 28.5 Å². The first-order valence-electron chi connectivity index (χ1n) is 4.38. The smallest absolute Gasteiger partial charge is 0.225 e. The topological polar surface area (TPSA) is 55.0 Å². The van der Waals surface area contributed by atoms with Crippen molar-refractivity contribution in [1.29, 1.82) is 0 Å². The summed E-state index contributed by atoms with van der Waals surface area (Å²) in [5.74, 6) is 0.709. The second-order valence-electron chi connectivity index (χ2n) is 3.14. The van der Waals surface area contributed by atoms with E-state index in [0.717, 1.165) is 12.2 Å². The lowest BCUT2D eigenvalue weighted by atomic mass is 10.4. The van der Waals surface area contributed by atoms with Crippen molar-refractivity contribution in [1.82, 2.24) is 9.97 Å². The Hall–Kier alpha value is -1.23. The summed E-state index contributed by atoms with van der Waals surface area (Å²) in [5.41, 5.74) is 6.37. The molecule has 4 nitrogen and oxygen atoms in total. The third kappa shape index (κ3) is 3.26. The molecule has 1 rings (SSSR count). The minimum Gasteiger partial charge on any atom is -0.393 e. The van der Waals surface area contributed by atoms with Crippen molar-refractivity contribution in [2.45, 2.75) is 13.3 Å². The number of nitrogens with two attached hydrogens (primary N) is 1. The molecule has 0 spiro atoms. The van der Waals surface area contributed by atoms with Crippen molar-refractivity contribution in [2.75, 3.05) is 18.5 Å². The molecular formula is C9H14N4S. The number of hydrogen-bond acceptors (Lipinski definition) is 4. The van der Waals surface area contributed by atoms with Gasteiger partial charge >= 0.3 is 0 Å². The summed E-state index contributed by atoms with van der Waals surface area (Å²) in [6.07, 6.45) is 2.43. The average molecular weight is 210 g/mol. The molecule has 0 radical (unpaired) electrons. The van der Waals surface area contributed by atoms with Crippen LogP contribution in [0.2, 0.25) is 0 Å². The molecule has 0 amide bonds. The second-order valence-corrected chi connectivity index (χ2v) is 3.66. The molecule has 0 fully saturated rings. The van der Waals surface area contributed by atoms with Crippen LogP contribution in [0.25, 0.3) is 0 Å². The zero-order valence-corrected chi connectivity index (χ0v) is 9.21. The summed E-state index contributed by atoms with van der Waals surface area (Å²) in [6.45, 7) is 2.69. The van der Waals surface area contributed by atoms with E-state index in [1.165, 1.54) is 0 Å². The summed E-state index contributed by atoms with van der Waals surface area (Å²) < 4.78 is 0. The van der Waals surface area contributed by atoms with E-state index in [2.05, 4.69) is 9.97 Å². The van der Waals surface area contributed by atoms with Gasteiger partial charge in [-0.1, -0.05) is 12.2 Å². The molecule has 0 saturated heterocycles. The van der Waals surface area contributed by atoms with Gasteiger partial charge in [0.25, 0.3) is 0 Å². The molecule has 1 aromatic rings. The molecule has 1 aromatic heterocycles. The Morgan fingerprint density at radius 3 is 2.93 bits per heavy atom. The predicted molar refractivity (Wildman–Crippen MR) is 61.4 cm³/mol. The molecule has 0 aliphatic rings. The Labute approximate surface area is 89.2 Å². The van der Waals surface area contributed by atoms with Crippen LogP contribution >= 0.6 is 12.2 Å². The van der Waals surface area contributed by atoms with E-state index in [-0.39, 0.29) is 0 Å². The summed E-state index contributed by atoms with van der Waals surface area (Å²) in [6, 6.07) is 1.87. The summed E-state index contributed by atoms with van der Waals surface area (Å²) in [4.78, 5) is 10.9. The van der Waals surface area contributed by atoms with Gasteiger partial charge < -0.3 is 10.6 Å². The second kappa shape index (κ2) is 4.85. The summed E-state index contributed by atoms with van der Waals surface area (Å²) in [7, 11) is 1.92. The van der Waals surface area contributed by atoms with E-state index in [1.807, 2.05) is 24.9 Å². The molecule has 0 atom stereocenters. The molecule has 0 aliphatic heterocycles. The van der Waals surface area contributed by atoms with Crippen LogP contribution in [0.5, 0.6) is 0 Å². The van der Waals surface area contributed by atoms with E-state index >= 15 is 0 Å². The SMILES string of the molecule is Cc1ccnc(N(C)CCC(N)=S)n1. The fourth-order valence-corrected chi connectivity index (χ4v) is 1.09. The Balaban J connectivity index is 2.60. The van der Waals surface area contributed by atoms with Crippen LogP contribution in [0.4, 0.5) is 5.95 Å². The maximum Gasteiger partial charge on any atom is 0.225 e. The minimum atomic E-state index is 0.518. The molecule has 5 heteroatoms. The molecule has 0 unspecified atom stereocenters. The van der Waals surface area contributed by atoms with E-state index in [0.29, 0.717) is 17.4 Å². The quantitative estimate of drug-likeness (QED) is 0.748. The van der Waals surface area contributed by atoms with Gasteiger partial charge in [0, 0.05) is 31.9 Å². The molecular weight excluding hydrogens is 196 g/mol. The number of rotatable bonds is 4. The van der Waals surface area contributed by atoms with Gasteiger partial charge in [0.1, 0.15) is 0 Å². The number of aromatic nitrogens is 2. The first-order chi connectivity index (χ1) is 6.59. The van der Waals surface area contributed by atoms with Gasteiger partial charge in [-0.2, -0.15) is 0 Å². The Kier molecular flexibility index (Phi) is 3.76. The standard InChI is InChI=1S/C9H14N4S/c1-7-3-5-11-9(12-7)13(2)6-4-8(10)14/h3,5H,4,6H2,1-2H3,(H2,10,14). The van der Waals surface area contributed by atoms with Gasteiger partial charge in [0.15, 0.2) is 0 Å². The third-order valence-electron chi connectivity index (χ3n) is 1.82. The Morgan fingerprint density at radius 2 is 2.36 bits per heavy atom. The van der Waals surface area contributed by atoms with Crippen LogP contribution < -0.4 is 10.6 Å². The zero-order valence-electron chi connectivity index (χ0n) is 8.40. The van der Waals surface area contributed by atoms with Gasteiger partial charge in [0.2, 0.25) is 5.95 Å². The van der Waals surface area contributed by atoms with Crippen molar-refractivity contribution in [3.8, 4) is 0 Å². The van der Waals surface area contributed by atoms with Gasteiger partial charge in [0.05, 0.1) is 4.99 Å². The highest BCUT2D eigenvalue weighted by molar-refractivity contribution is 7.80. The predicted octanol–water partition coefficient (Wildman–Crippen LogP) is 0.897. The minimum absolute atomic E-state index is 0.518. The lowest BCUT2D eigenvalue weighted by molar-refractivity contribution is 0.863. The highest BCUT2D eigenvalue weighted by Gasteiger charge is 2.03. The van der Waals surface area contributed by atoms with Crippen LogP contribution in [0.1, 0.15) is 12.1 Å². The van der Waals surface area contributed by atoms with Crippen LogP contribution in [0.15, 0.2) is 12.3 Å². The molecule has 76 valence electrons. The average Bonchev–Trinajstić information content (AvgIpc) is 2.14. The van der Waals surface area contributed by atoms with Crippen LogP contribution in [0, 0.1) is 6.92 Å². The van der Waals surface area contributed by atoms with Crippen molar-refractivity contribution in [2.24, 2.45) is 5.73 Å². The van der Waals surface area contributed by atoms with Gasteiger partial charge in [-0.25, -0.2) is 9.97 Å². The number of anilines is 1. The molecule has 0 bridgehead atoms. The fourth-order valence-electron chi connectivity index (χ4n) is 0.997. The lowest BCUT2D eigenvalue weighted by Gasteiger charge is -2.16. The number of aryl methyl sites for hydroxylation is 1. The Bertz CT molecular complexity index is 326. The van der Waals surface area contributed by atoms with Crippen LogP contribution in [0.3, 0.4) is 0 Å². The van der Waals surface area contributed by atoms with Crippen molar-refractivity contribution in [3.05, 3.63) is 18.0 Å². The van der Waals surface area contributed by atoms with E-state index in [9.17, 15) is 0 Å². The monoisotopic (exact) mass is 210 g/mol. The normalized spacial score (nSPS) is 9.86. The number of hydrogen-bond donors (Lipinski definition) is 1. The highest BCUT2D eigenvalue weighted by atomic mass is 32.1. The van der Waals surface area contributed by atoms with E-state index < -0.39 is 0 Å². The first-order valence-corrected chi connectivity index (χ1v) is 4.79. The maximum absolute atomic E-state index is 5.41. The molecule has 0 aliphatic carbocycles. The summed E-state index contributed by atoms with van der Waals surface area (Å²) >= 11 is 4.80. The van der Waals surface area contributed by atoms with Gasteiger partial charge in [-0.3, -0.25) is 0 Å². The lowest BCUT2D eigenvalue weighted by Crippen LogP contribution is -2.25. The molecule has 1 heterocycles. The molecule has 2 N–H and O–H groups in total. The van der Waals surface area contributed by atoms with Gasteiger partial charge in [-0.15, -0.1) is 0 Å². The van der Waals surface area contributed by atoms with E-state index in [4.69, 9.17) is 18.0 Å². The van der Waals surface area contributed by atoms with Crippen molar-refractivity contribution < 1.29 is 0 Å². The summed E-state index contributed by atoms with van der Waals surface area (Å²) in [5, 5.41) is 0. The highest BCUT2D eigenvalue weighted by Crippen LogP contribution is 2.04. The molecule has 14 heavy (non-hydrogen) atoms. The molecule has 0 aromatic carbocycles. The zero-order chi connectivity index (χ0) is 10.6. The largest absolute Gasteiger partial charge is 0.393 e. The third-order valence-corrected chi connectivity index (χ3v) is 2.02. The number of thiocarbonyl (C=S) groups is 1. The van der Waals surface area contributed by atoms with Crippen molar-refractivity contribution >= 4 is 23.2 Å². The van der Waals surface area contributed by atoms with Crippen molar-refractivity contribution in [3.63, 3.8) is 0 Å². The fraction of sp³-hybridized carbons (Fsp3) is 0.444. The molecule has 0 saturated carbocycles. The maximum atomic E-state index is 5.41. The van der Waals surface area contributed by atoms with Gasteiger partial charge in [-0.05, 0) is 13.0 Å². The van der Waals surface area contributed by atoms with E-state index in [1.54, 1.807) is 6.20 Å². The first kappa shape index (κ1) is 10.8. The van der Waals surface area contributed by atoms with Crippen LogP contribution in [-0.2, 0) is 0 Å².